The van der Waals surface area contributed by atoms with Crippen LogP contribution in [0.1, 0.15) is 10.4 Å². The molecule has 0 bridgehead atoms. The van der Waals surface area contributed by atoms with Crippen molar-refractivity contribution >= 4 is 44.9 Å². The molecule has 0 saturated carbocycles. The molecule has 0 aliphatic rings. The minimum atomic E-state index is -0.804. The minimum absolute atomic E-state index is 0.0441. The first kappa shape index (κ1) is 16.8. The van der Waals surface area contributed by atoms with Crippen LogP contribution in [-0.2, 0) is 4.79 Å². The number of anilines is 1. The average Bonchev–Trinajstić information content (AvgIpc) is 2.83. The van der Waals surface area contributed by atoms with E-state index in [0.29, 0.717) is 0 Å². The van der Waals surface area contributed by atoms with Crippen molar-refractivity contribution in [3.63, 3.8) is 0 Å². The SMILES string of the molecule is Cc1sc2ncnc(SCC(=O)Nc3ccc(F)cc3F)c2c1C. The van der Waals surface area contributed by atoms with Crippen molar-refractivity contribution in [1.29, 1.82) is 0 Å². The molecule has 4 nitrogen and oxygen atoms in total. The van der Waals surface area contributed by atoms with Crippen LogP contribution in [0.4, 0.5) is 14.5 Å². The van der Waals surface area contributed by atoms with Crippen LogP contribution in [0.5, 0.6) is 0 Å². The molecule has 0 spiro atoms. The van der Waals surface area contributed by atoms with E-state index in [2.05, 4.69) is 15.3 Å². The fourth-order valence-electron chi connectivity index (χ4n) is 2.17. The number of thioether (sulfide) groups is 1. The Kier molecular flexibility index (Phi) is 4.77. The molecule has 0 aliphatic carbocycles. The maximum absolute atomic E-state index is 13.6. The number of nitrogens with one attached hydrogen (secondary N) is 1. The molecule has 124 valence electrons. The Morgan fingerprint density at radius 3 is 2.83 bits per heavy atom. The van der Waals surface area contributed by atoms with Gasteiger partial charge in [-0.2, -0.15) is 0 Å². The summed E-state index contributed by atoms with van der Waals surface area (Å²) in [7, 11) is 0. The van der Waals surface area contributed by atoms with Gasteiger partial charge in [-0.25, -0.2) is 18.7 Å². The maximum Gasteiger partial charge on any atom is 0.234 e. The van der Waals surface area contributed by atoms with E-state index >= 15 is 0 Å². The molecule has 0 unspecified atom stereocenters. The van der Waals surface area contributed by atoms with Crippen molar-refractivity contribution in [3.8, 4) is 0 Å². The van der Waals surface area contributed by atoms with Gasteiger partial charge >= 0.3 is 0 Å². The Bertz CT molecular complexity index is 927. The third-order valence-electron chi connectivity index (χ3n) is 3.48. The monoisotopic (exact) mass is 365 g/mol. The van der Waals surface area contributed by atoms with Gasteiger partial charge in [0.15, 0.2) is 0 Å². The normalized spacial score (nSPS) is 11.0. The maximum atomic E-state index is 13.6. The summed E-state index contributed by atoms with van der Waals surface area (Å²) in [6.45, 7) is 4.01. The average molecular weight is 365 g/mol. The number of carbonyl (C=O) groups excluding carboxylic acids is 1. The van der Waals surface area contributed by atoms with E-state index in [4.69, 9.17) is 0 Å². The van der Waals surface area contributed by atoms with Gasteiger partial charge in [0.05, 0.1) is 11.4 Å². The summed E-state index contributed by atoms with van der Waals surface area (Å²) in [6, 6.07) is 3.02. The van der Waals surface area contributed by atoms with Crippen LogP contribution in [0.25, 0.3) is 10.2 Å². The second-order valence-corrected chi connectivity index (χ2v) is 7.27. The standard InChI is InChI=1S/C16H13F2N3OS2/c1-8-9(2)24-16-14(8)15(19-7-20-16)23-6-13(22)21-12-4-3-10(17)5-11(12)18/h3-5,7H,6H2,1-2H3,(H,21,22). The molecular formula is C16H13F2N3OS2. The Labute approximate surface area is 145 Å². The molecule has 3 rings (SSSR count). The van der Waals surface area contributed by atoms with Crippen LogP contribution < -0.4 is 5.32 Å². The van der Waals surface area contributed by atoms with E-state index in [9.17, 15) is 13.6 Å². The third-order valence-corrected chi connectivity index (χ3v) is 5.58. The van der Waals surface area contributed by atoms with Gasteiger partial charge < -0.3 is 5.32 Å². The number of halogens is 2. The molecule has 2 heterocycles. The lowest BCUT2D eigenvalue weighted by atomic mass is 10.2. The summed E-state index contributed by atoms with van der Waals surface area (Å²) < 4.78 is 26.4. The first-order valence-corrected chi connectivity index (χ1v) is 8.84. The van der Waals surface area contributed by atoms with Crippen molar-refractivity contribution in [2.45, 2.75) is 18.9 Å². The Balaban J connectivity index is 1.73. The van der Waals surface area contributed by atoms with Crippen molar-refractivity contribution in [2.75, 3.05) is 11.1 Å². The zero-order chi connectivity index (χ0) is 17.3. The summed E-state index contributed by atoms with van der Waals surface area (Å²) >= 11 is 2.84. The third kappa shape index (κ3) is 3.39. The van der Waals surface area contributed by atoms with E-state index in [1.807, 2.05) is 13.8 Å². The summed E-state index contributed by atoms with van der Waals surface area (Å²) in [6.07, 6.45) is 1.47. The van der Waals surface area contributed by atoms with Crippen LogP contribution in [0.3, 0.4) is 0 Å². The first-order chi connectivity index (χ1) is 11.5. The Morgan fingerprint density at radius 1 is 1.29 bits per heavy atom. The number of amides is 1. The number of nitrogens with zero attached hydrogens (tertiary/aromatic N) is 2. The number of aryl methyl sites for hydroxylation is 2. The van der Waals surface area contributed by atoms with Gasteiger partial charge in [0.25, 0.3) is 0 Å². The van der Waals surface area contributed by atoms with Crippen LogP contribution in [-0.4, -0.2) is 21.6 Å². The number of benzene rings is 1. The number of thiophene rings is 1. The van der Waals surface area contributed by atoms with Crippen LogP contribution in [0, 0.1) is 25.5 Å². The molecule has 0 aliphatic heterocycles. The fraction of sp³-hybridized carbons (Fsp3) is 0.188. The van der Waals surface area contributed by atoms with Crippen LogP contribution in [0.15, 0.2) is 29.6 Å². The number of rotatable bonds is 4. The highest BCUT2D eigenvalue weighted by Gasteiger charge is 2.14. The summed E-state index contributed by atoms with van der Waals surface area (Å²) in [5.74, 6) is -1.81. The quantitative estimate of drug-likeness (QED) is 0.553. The van der Waals surface area contributed by atoms with Crippen molar-refractivity contribution in [3.05, 3.63) is 46.6 Å². The van der Waals surface area contributed by atoms with E-state index in [1.54, 1.807) is 11.3 Å². The predicted molar refractivity (Wildman–Crippen MR) is 92.6 cm³/mol. The van der Waals surface area contributed by atoms with Gasteiger partial charge in [-0.15, -0.1) is 11.3 Å². The predicted octanol–water partition coefficient (Wildman–Crippen LogP) is 4.32. The number of fused-ring (bicyclic) bond motifs is 1. The highest BCUT2D eigenvalue weighted by molar-refractivity contribution is 8.00. The summed E-state index contributed by atoms with van der Waals surface area (Å²) in [5, 5.41) is 4.10. The molecule has 8 heteroatoms. The highest BCUT2D eigenvalue weighted by atomic mass is 32.2. The fourth-order valence-corrected chi connectivity index (χ4v) is 4.09. The van der Waals surface area contributed by atoms with Crippen LogP contribution in [0.2, 0.25) is 0 Å². The van der Waals surface area contributed by atoms with Gasteiger partial charge in [0.1, 0.15) is 27.8 Å². The van der Waals surface area contributed by atoms with Gasteiger partial charge in [0.2, 0.25) is 5.91 Å². The van der Waals surface area contributed by atoms with E-state index < -0.39 is 11.6 Å². The zero-order valence-corrected chi connectivity index (χ0v) is 14.5. The number of carbonyl (C=O) groups is 1. The van der Waals surface area contributed by atoms with Gasteiger partial charge in [-0.1, -0.05) is 11.8 Å². The second kappa shape index (κ2) is 6.82. The van der Waals surface area contributed by atoms with E-state index in [1.165, 1.54) is 24.2 Å². The molecule has 0 saturated heterocycles. The van der Waals surface area contributed by atoms with E-state index in [0.717, 1.165) is 37.8 Å². The number of hydrogen-bond acceptors (Lipinski definition) is 5. The molecule has 0 atom stereocenters. The smallest absolute Gasteiger partial charge is 0.234 e. The van der Waals surface area contributed by atoms with E-state index in [-0.39, 0.29) is 17.3 Å². The molecule has 0 radical (unpaired) electrons. The van der Waals surface area contributed by atoms with Crippen molar-refractivity contribution in [1.82, 2.24) is 9.97 Å². The molecule has 1 amide bonds. The second-order valence-electron chi connectivity index (χ2n) is 5.10. The molecule has 1 aromatic carbocycles. The minimum Gasteiger partial charge on any atom is -0.323 e. The highest BCUT2D eigenvalue weighted by Crippen LogP contribution is 2.34. The van der Waals surface area contributed by atoms with Crippen molar-refractivity contribution < 1.29 is 13.6 Å². The van der Waals surface area contributed by atoms with Gasteiger partial charge in [-0.3, -0.25) is 4.79 Å². The first-order valence-electron chi connectivity index (χ1n) is 7.04. The Morgan fingerprint density at radius 2 is 2.08 bits per heavy atom. The zero-order valence-electron chi connectivity index (χ0n) is 12.9. The molecular weight excluding hydrogens is 352 g/mol. The summed E-state index contributed by atoms with van der Waals surface area (Å²) in [4.78, 5) is 22.5. The number of hydrogen-bond donors (Lipinski definition) is 1. The lowest BCUT2D eigenvalue weighted by Crippen LogP contribution is -2.15. The topological polar surface area (TPSA) is 54.9 Å². The van der Waals surface area contributed by atoms with Gasteiger partial charge in [0, 0.05) is 16.3 Å². The largest absolute Gasteiger partial charge is 0.323 e. The molecule has 2 aromatic heterocycles. The molecule has 1 N–H and O–H groups in total. The summed E-state index contributed by atoms with van der Waals surface area (Å²) in [5.41, 5.74) is 1.06. The lowest BCUT2D eigenvalue weighted by Gasteiger charge is -2.07. The Hall–Kier alpha value is -2.06. The van der Waals surface area contributed by atoms with Crippen LogP contribution >= 0.6 is 23.1 Å². The van der Waals surface area contributed by atoms with Gasteiger partial charge in [-0.05, 0) is 31.5 Å². The molecule has 3 aromatic rings. The van der Waals surface area contributed by atoms with Crippen molar-refractivity contribution in [2.24, 2.45) is 0 Å². The molecule has 24 heavy (non-hydrogen) atoms. The lowest BCUT2D eigenvalue weighted by molar-refractivity contribution is -0.113. The molecule has 0 fully saturated rings. The number of aromatic nitrogens is 2.